The van der Waals surface area contributed by atoms with Gasteiger partial charge in [0.25, 0.3) is 0 Å². The molecule has 0 amide bonds. The van der Waals surface area contributed by atoms with Crippen LogP contribution in [0, 0.1) is 0 Å². The fourth-order valence-corrected chi connectivity index (χ4v) is 6.67. The second kappa shape index (κ2) is 15.4. The van der Waals surface area contributed by atoms with Crippen molar-refractivity contribution in [3.63, 3.8) is 0 Å². The van der Waals surface area contributed by atoms with Gasteiger partial charge in [-0.2, -0.15) is 0 Å². The number of hydrogen-bond acceptors (Lipinski definition) is 16. The third kappa shape index (κ3) is 8.48. The van der Waals surface area contributed by atoms with Crippen LogP contribution in [0.5, 0.6) is 0 Å². The van der Waals surface area contributed by atoms with E-state index in [0.29, 0.717) is 32.2 Å². The molecule has 15 N–H and O–H groups in total. The lowest BCUT2D eigenvalue weighted by Gasteiger charge is -2.49. The van der Waals surface area contributed by atoms with Gasteiger partial charge in [0.2, 0.25) is 0 Å². The van der Waals surface area contributed by atoms with Crippen LogP contribution in [0.15, 0.2) is 4.99 Å². The van der Waals surface area contributed by atoms with Crippen molar-refractivity contribution in [3.8, 4) is 0 Å². The van der Waals surface area contributed by atoms with Gasteiger partial charge < -0.3 is 82.7 Å². The summed E-state index contributed by atoms with van der Waals surface area (Å²) in [5.41, 5.74) is 16.5. The highest BCUT2D eigenvalue weighted by molar-refractivity contribution is 5.90. The summed E-state index contributed by atoms with van der Waals surface area (Å²) in [6.45, 7) is 1.59. The Balaban J connectivity index is 1.51. The number of amidine groups is 1. The summed E-state index contributed by atoms with van der Waals surface area (Å²) in [4.78, 5) is 4.59. The van der Waals surface area contributed by atoms with E-state index in [1.54, 1.807) is 14.1 Å². The molecule has 2 aliphatic heterocycles. The highest BCUT2D eigenvalue weighted by Crippen LogP contribution is 2.36. The quantitative estimate of drug-likeness (QED) is 0.0654. The van der Waals surface area contributed by atoms with Gasteiger partial charge in [0.05, 0.1) is 43.5 Å². The van der Waals surface area contributed by atoms with Crippen LogP contribution in [0.25, 0.3) is 0 Å². The number of aliphatic hydroxyl groups is 6. The standard InChI is InChI=1S/C28H55N7O10/c1-27(40)12-42-25(20(39)23(27)33-3)45-22-18(35-26(31)28(41)7-13(8-28)32-2)6-17(30)21(19(22)38)44-24-16(29)5-4-15(43-24)10-34-9-14(37)11-36/h13-25,32-34,36-41H,4-12,29-30H2,1-3H3,(H2,31,35). The lowest BCUT2D eigenvalue weighted by Crippen LogP contribution is -2.68. The molecule has 0 aromatic rings. The number of aliphatic imine (C=N–C) groups is 1. The molecule has 2 aliphatic carbocycles. The molecule has 2 saturated carbocycles. The van der Waals surface area contributed by atoms with Gasteiger partial charge in [-0.15, -0.1) is 0 Å². The summed E-state index contributed by atoms with van der Waals surface area (Å²) in [5.74, 6) is -0.00758. The second-order valence-corrected chi connectivity index (χ2v) is 13.3. The highest BCUT2D eigenvalue weighted by Gasteiger charge is 2.52. The third-order valence-electron chi connectivity index (χ3n) is 9.53. The van der Waals surface area contributed by atoms with E-state index in [2.05, 4.69) is 20.9 Å². The first kappa shape index (κ1) is 36.7. The van der Waals surface area contributed by atoms with Gasteiger partial charge in [0.1, 0.15) is 41.5 Å². The Morgan fingerprint density at radius 3 is 2.36 bits per heavy atom. The Hall–Kier alpha value is -1.13. The molecule has 0 aromatic carbocycles. The van der Waals surface area contributed by atoms with Crippen LogP contribution in [0.2, 0.25) is 0 Å². The van der Waals surface area contributed by atoms with Crippen molar-refractivity contribution in [3.05, 3.63) is 0 Å². The zero-order chi connectivity index (χ0) is 33.1. The van der Waals surface area contributed by atoms with Crippen molar-refractivity contribution >= 4 is 5.84 Å². The normalized spacial score (nSPS) is 46.9. The van der Waals surface area contributed by atoms with Crippen LogP contribution < -0.4 is 33.2 Å². The van der Waals surface area contributed by atoms with E-state index in [1.165, 1.54) is 6.92 Å². The highest BCUT2D eigenvalue weighted by atomic mass is 16.7. The zero-order valence-electron chi connectivity index (χ0n) is 26.4. The maximum absolute atomic E-state index is 11.7. The van der Waals surface area contributed by atoms with Crippen LogP contribution in [0.4, 0.5) is 0 Å². The maximum atomic E-state index is 11.7. The Bertz CT molecular complexity index is 976. The lowest BCUT2D eigenvalue weighted by molar-refractivity contribution is -0.306. The number of aliphatic hydroxyl groups excluding tert-OH is 4. The number of hydrogen-bond donors (Lipinski definition) is 12. The molecule has 0 aromatic heterocycles. The number of likely N-dealkylation sites (N-methyl/N-ethyl adjacent to an activating group) is 1. The minimum atomic E-state index is -1.41. The Morgan fingerprint density at radius 2 is 1.71 bits per heavy atom. The predicted molar refractivity (Wildman–Crippen MR) is 162 cm³/mol. The molecule has 0 bridgehead atoms. The van der Waals surface area contributed by atoms with Crippen LogP contribution in [0.1, 0.15) is 39.0 Å². The van der Waals surface area contributed by atoms with E-state index in [-0.39, 0.29) is 44.2 Å². The van der Waals surface area contributed by atoms with Gasteiger partial charge in [-0.05, 0) is 53.1 Å². The number of nitrogens with two attached hydrogens (primary N) is 3. The number of nitrogens with one attached hydrogen (secondary N) is 3. The molecule has 17 nitrogen and oxygen atoms in total. The summed E-state index contributed by atoms with van der Waals surface area (Å²) in [6.07, 6.45) is -6.18. The summed E-state index contributed by atoms with van der Waals surface area (Å²) >= 11 is 0. The second-order valence-electron chi connectivity index (χ2n) is 13.3. The monoisotopic (exact) mass is 649 g/mol. The van der Waals surface area contributed by atoms with Crippen molar-refractivity contribution in [1.82, 2.24) is 16.0 Å². The molecule has 17 heteroatoms. The Morgan fingerprint density at radius 1 is 1.02 bits per heavy atom. The molecule has 0 spiro atoms. The number of nitrogens with zero attached hydrogens (tertiary/aromatic N) is 1. The van der Waals surface area contributed by atoms with Crippen LogP contribution in [-0.4, -0.2) is 167 Å². The van der Waals surface area contributed by atoms with Gasteiger partial charge in [0, 0.05) is 25.2 Å². The van der Waals surface area contributed by atoms with E-state index in [9.17, 15) is 25.5 Å². The van der Waals surface area contributed by atoms with Crippen molar-refractivity contribution in [2.75, 3.05) is 40.4 Å². The SMILES string of the molecule is CNC1CC(O)(C(N)=NC2CC(N)C(OC3OC(CNCC(O)CO)CCC3N)C(O)C2OC2OCC(C)(O)C(NC)C2O)C1. The first-order chi connectivity index (χ1) is 21.2. The first-order valence-electron chi connectivity index (χ1n) is 15.8. The summed E-state index contributed by atoms with van der Waals surface area (Å²) in [7, 11) is 3.39. The third-order valence-corrected chi connectivity index (χ3v) is 9.53. The number of rotatable bonds is 13. The van der Waals surface area contributed by atoms with Gasteiger partial charge in [-0.3, -0.25) is 4.99 Å². The topological polar surface area (TPSA) is 285 Å². The summed E-state index contributed by atoms with van der Waals surface area (Å²) in [6, 6.07) is -2.83. The van der Waals surface area contributed by atoms with Gasteiger partial charge >= 0.3 is 0 Å². The molecule has 13 unspecified atom stereocenters. The van der Waals surface area contributed by atoms with Gasteiger partial charge in [-0.25, -0.2) is 0 Å². The molecular weight excluding hydrogens is 594 g/mol. The summed E-state index contributed by atoms with van der Waals surface area (Å²) in [5, 5.41) is 72.2. The smallest absolute Gasteiger partial charge is 0.185 e. The molecular formula is C28H55N7O10. The van der Waals surface area contributed by atoms with Crippen molar-refractivity contribution < 1.29 is 49.6 Å². The first-order valence-corrected chi connectivity index (χ1v) is 15.8. The van der Waals surface area contributed by atoms with E-state index in [0.717, 1.165) is 0 Å². The molecule has 0 radical (unpaired) electrons. The van der Waals surface area contributed by atoms with Crippen LogP contribution in [0.3, 0.4) is 0 Å². The Labute approximate surface area is 263 Å². The molecule has 4 rings (SSSR count). The lowest BCUT2D eigenvalue weighted by atomic mass is 9.74. The van der Waals surface area contributed by atoms with E-state index in [1.807, 2.05) is 0 Å². The largest absolute Gasteiger partial charge is 0.394 e. The molecule has 2 saturated heterocycles. The van der Waals surface area contributed by atoms with Crippen LogP contribution in [-0.2, 0) is 18.9 Å². The number of ether oxygens (including phenoxy) is 4. The molecule has 262 valence electrons. The molecule has 4 aliphatic rings. The predicted octanol–water partition coefficient (Wildman–Crippen LogP) is -5.48. The molecule has 2 heterocycles. The average molecular weight is 650 g/mol. The Kier molecular flexibility index (Phi) is 12.6. The van der Waals surface area contributed by atoms with Crippen LogP contribution >= 0.6 is 0 Å². The molecule has 45 heavy (non-hydrogen) atoms. The van der Waals surface area contributed by atoms with Gasteiger partial charge in [0.15, 0.2) is 12.6 Å². The minimum Gasteiger partial charge on any atom is -0.394 e. The van der Waals surface area contributed by atoms with Crippen molar-refractivity contribution in [2.45, 2.75) is 130 Å². The zero-order valence-corrected chi connectivity index (χ0v) is 26.4. The van der Waals surface area contributed by atoms with Crippen molar-refractivity contribution in [2.24, 2.45) is 22.2 Å². The minimum absolute atomic E-state index is 0.00758. The van der Waals surface area contributed by atoms with E-state index >= 15 is 0 Å². The maximum Gasteiger partial charge on any atom is 0.185 e. The summed E-state index contributed by atoms with van der Waals surface area (Å²) < 4.78 is 24.3. The van der Waals surface area contributed by atoms with E-state index < -0.39 is 78.5 Å². The average Bonchev–Trinajstić information content (AvgIpc) is 2.97. The fourth-order valence-electron chi connectivity index (χ4n) is 6.67. The van der Waals surface area contributed by atoms with Crippen molar-refractivity contribution in [1.29, 1.82) is 0 Å². The fraction of sp³-hybridized carbons (Fsp3) is 0.964. The van der Waals surface area contributed by atoms with E-state index in [4.69, 9.17) is 41.3 Å². The van der Waals surface area contributed by atoms with Gasteiger partial charge in [-0.1, -0.05) is 0 Å². The molecule has 13 atom stereocenters. The molecule has 4 fully saturated rings.